The molecule has 2 aromatic rings. The molecule has 2 fully saturated rings. The average molecular weight is 329 g/mol. The van der Waals surface area contributed by atoms with Gasteiger partial charge in [-0.25, -0.2) is 0 Å². The van der Waals surface area contributed by atoms with Gasteiger partial charge in [0.1, 0.15) is 5.69 Å². The molecule has 1 saturated heterocycles. The number of aromatic nitrogens is 4. The van der Waals surface area contributed by atoms with E-state index in [0.29, 0.717) is 30.6 Å². The molecule has 1 aliphatic carbocycles. The van der Waals surface area contributed by atoms with E-state index in [0.717, 1.165) is 31.6 Å². The van der Waals surface area contributed by atoms with Gasteiger partial charge < -0.3 is 9.42 Å². The fraction of sp³-hybridized carbons (Fsp3) is 0.647. The van der Waals surface area contributed by atoms with Gasteiger partial charge in [-0.3, -0.25) is 9.48 Å². The van der Waals surface area contributed by atoms with Crippen molar-refractivity contribution in [2.75, 3.05) is 13.1 Å². The van der Waals surface area contributed by atoms with Gasteiger partial charge in [-0.15, -0.1) is 0 Å². The number of carbonyl (C=O) groups excluding carboxylic acids is 1. The van der Waals surface area contributed by atoms with Crippen LogP contribution in [0.1, 0.15) is 73.1 Å². The van der Waals surface area contributed by atoms with Crippen LogP contribution in [0.25, 0.3) is 0 Å². The SMILES string of the molecule is CCn1ccc(C(=O)N2CC[C@H](c3nc(C4CCCC4)no3)C2)n1. The van der Waals surface area contributed by atoms with E-state index in [4.69, 9.17) is 4.52 Å². The number of nitrogens with zero attached hydrogens (tertiary/aromatic N) is 5. The second-order valence-electron chi connectivity index (χ2n) is 6.77. The third-order valence-corrected chi connectivity index (χ3v) is 5.19. The Balaban J connectivity index is 1.41. The van der Waals surface area contributed by atoms with Crippen molar-refractivity contribution in [3.63, 3.8) is 0 Å². The second kappa shape index (κ2) is 6.37. The van der Waals surface area contributed by atoms with E-state index < -0.39 is 0 Å². The van der Waals surface area contributed by atoms with Gasteiger partial charge in [0, 0.05) is 31.7 Å². The first-order valence-corrected chi connectivity index (χ1v) is 8.91. The second-order valence-corrected chi connectivity index (χ2v) is 6.77. The van der Waals surface area contributed by atoms with Crippen LogP contribution in [0, 0.1) is 0 Å². The minimum atomic E-state index is -0.0137. The smallest absolute Gasteiger partial charge is 0.274 e. The van der Waals surface area contributed by atoms with E-state index >= 15 is 0 Å². The van der Waals surface area contributed by atoms with Crippen LogP contribution in [0.4, 0.5) is 0 Å². The van der Waals surface area contributed by atoms with Crippen LogP contribution in [-0.2, 0) is 6.54 Å². The minimum absolute atomic E-state index is 0.0137. The Bertz CT molecular complexity index is 716. The summed E-state index contributed by atoms with van der Waals surface area (Å²) in [6.07, 6.45) is 7.54. The maximum atomic E-state index is 12.6. The predicted octanol–water partition coefficient (Wildman–Crippen LogP) is 2.57. The van der Waals surface area contributed by atoms with Gasteiger partial charge in [0.05, 0.1) is 5.92 Å². The quantitative estimate of drug-likeness (QED) is 0.861. The van der Waals surface area contributed by atoms with Gasteiger partial charge in [-0.05, 0) is 32.3 Å². The lowest BCUT2D eigenvalue weighted by molar-refractivity contribution is 0.0783. The summed E-state index contributed by atoms with van der Waals surface area (Å²) in [4.78, 5) is 19.0. The standard InChI is InChI=1S/C17H23N5O2/c1-2-22-10-8-14(19-22)17(23)21-9-7-13(11-21)16-18-15(20-24-16)12-5-3-4-6-12/h8,10,12-13H,2-7,9,11H2,1H3/t13-/m0/s1. The first-order valence-electron chi connectivity index (χ1n) is 8.91. The highest BCUT2D eigenvalue weighted by Crippen LogP contribution is 2.34. The highest BCUT2D eigenvalue weighted by molar-refractivity contribution is 5.92. The molecular weight excluding hydrogens is 306 g/mol. The Morgan fingerprint density at radius 3 is 2.88 bits per heavy atom. The number of amides is 1. The molecular formula is C17H23N5O2. The zero-order chi connectivity index (χ0) is 16.5. The van der Waals surface area contributed by atoms with Crippen molar-refractivity contribution < 1.29 is 9.32 Å². The molecule has 1 aliphatic heterocycles. The molecule has 0 bridgehead atoms. The van der Waals surface area contributed by atoms with E-state index in [1.54, 1.807) is 10.7 Å². The number of aryl methyl sites for hydroxylation is 1. The molecule has 1 atom stereocenters. The Kier molecular flexibility index (Phi) is 4.08. The van der Waals surface area contributed by atoms with E-state index in [1.807, 2.05) is 18.0 Å². The Hall–Kier alpha value is -2.18. The van der Waals surface area contributed by atoms with E-state index in [9.17, 15) is 4.79 Å². The lowest BCUT2D eigenvalue weighted by atomic mass is 10.1. The normalized spacial score (nSPS) is 21.7. The molecule has 2 aliphatic rings. The Morgan fingerprint density at radius 1 is 1.29 bits per heavy atom. The summed E-state index contributed by atoms with van der Waals surface area (Å²) in [5, 5.41) is 8.48. The Labute approximate surface area is 141 Å². The number of carbonyl (C=O) groups is 1. The zero-order valence-corrected chi connectivity index (χ0v) is 14.0. The van der Waals surface area contributed by atoms with Crippen LogP contribution in [-0.4, -0.2) is 43.8 Å². The van der Waals surface area contributed by atoms with Gasteiger partial charge in [0.25, 0.3) is 5.91 Å². The molecule has 0 N–H and O–H groups in total. The lowest BCUT2D eigenvalue weighted by Gasteiger charge is -2.13. The van der Waals surface area contributed by atoms with Crippen molar-refractivity contribution in [3.05, 3.63) is 29.7 Å². The van der Waals surface area contributed by atoms with E-state index in [2.05, 4.69) is 15.2 Å². The Morgan fingerprint density at radius 2 is 2.12 bits per heavy atom. The van der Waals surface area contributed by atoms with Gasteiger partial charge in [-0.2, -0.15) is 10.1 Å². The number of rotatable bonds is 4. The van der Waals surface area contributed by atoms with Gasteiger partial charge in [-0.1, -0.05) is 18.0 Å². The summed E-state index contributed by atoms with van der Waals surface area (Å²) < 4.78 is 7.27. The first-order chi connectivity index (χ1) is 11.7. The third-order valence-electron chi connectivity index (χ3n) is 5.19. The van der Waals surface area contributed by atoms with Gasteiger partial charge in [0.15, 0.2) is 5.82 Å². The molecule has 7 heteroatoms. The molecule has 0 unspecified atom stereocenters. The largest absolute Gasteiger partial charge is 0.339 e. The molecule has 3 heterocycles. The molecule has 1 amide bonds. The molecule has 0 aromatic carbocycles. The molecule has 7 nitrogen and oxygen atoms in total. The molecule has 128 valence electrons. The van der Waals surface area contributed by atoms with Crippen LogP contribution in [0.15, 0.2) is 16.8 Å². The van der Waals surface area contributed by atoms with Crippen molar-refractivity contribution in [2.24, 2.45) is 0 Å². The third kappa shape index (κ3) is 2.83. The average Bonchev–Trinajstić information content (AvgIpc) is 3.41. The summed E-state index contributed by atoms with van der Waals surface area (Å²) in [6, 6.07) is 1.78. The van der Waals surface area contributed by atoms with Crippen molar-refractivity contribution in [2.45, 2.75) is 57.4 Å². The fourth-order valence-electron chi connectivity index (χ4n) is 3.72. The monoisotopic (exact) mass is 329 g/mol. The maximum absolute atomic E-state index is 12.6. The molecule has 0 spiro atoms. The molecule has 24 heavy (non-hydrogen) atoms. The number of hydrogen-bond donors (Lipinski definition) is 0. The molecule has 0 radical (unpaired) electrons. The number of hydrogen-bond acceptors (Lipinski definition) is 5. The van der Waals surface area contributed by atoms with E-state index in [1.165, 1.54) is 12.8 Å². The number of likely N-dealkylation sites (tertiary alicyclic amines) is 1. The topological polar surface area (TPSA) is 77.0 Å². The van der Waals surface area contributed by atoms with Crippen LogP contribution < -0.4 is 0 Å². The molecule has 2 aromatic heterocycles. The lowest BCUT2D eigenvalue weighted by Crippen LogP contribution is -2.29. The molecule has 4 rings (SSSR count). The summed E-state index contributed by atoms with van der Waals surface area (Å²) in [5.41, 5.74) is 0.509. The predicted molar refractivity (Wildman–Crippen MR) is 86.7 cm³/mol. The van der Waals surface area contributed by atoms with Crippen LogP contribution >= 0.6 is 0 Å². The fourth-order valence-corrected chi connectivity index (χ4v) is 3.72. The highest BCUT2D eigenvalue weighted by Gasteiger charge is 2.33. The maximum Gasteiger partial charge on any atom is 0.274 e. The zero-order valence-electron chi connectivity index (χ0n) is 14.0. The van der Waals surface area contributed by atoms with Crippen molar-refractivity contribution in [3.8, 4) is 0 Å². The summed E-state index contributed by atoms with van der Waals surface area (Å²) in [7, 11) is 0. The first kappa shape index (κ1) is 15.4. The molecule has 1 saturated carbocycles. The van der Waals surface area contributed by atoms with Gasteiger partial charge >= 0.3 is 0 Å². The summed E-state index contributed by atoms with van der Waals surface area (Å²) >= 11 is 0. The van der Waals surface area contributed by atoms with Crippen LogP contribution in [0.3, 0.4) is 0 Å². The van der Waals surface area contributed by atoms with Crippen LogP contribution in [0.2, 0.25) is 0 Å². The minimum Gasteiger partial charge on any atom is -0.339 e. The van der Waals surface area contributed by atoms with Crippen LogP contribution in [0.5, 0.6) is 0 Å². The van der Waals surface area contributed by atoms with E-state index in [-0.39, 0.29) is 11.8 Å². The summed E-state index contributed by atoms with van der Waals surface area (Å²) in [5.74, 6) is 2.13. The van der Waals surface area contributed by atoms with Crippen molar-refractivity contribution in [1.29, 1.82) is 0 Å². The van der Waals surface area contributed by atoms with Crippen molar-refractivity contribution >= 4 is 5.91 Å². The van der Waals surface area contributed by atoms with Crippen molar-refractivity contribution in [1.82, 2.24) is 24.8 Å². The summed E-state index contributed by atoms with van der Waals surface area (Å²) in [6.45, 7) is 4.11. The highest BCUT2D eigenvalue weighted by atomic mass is 16.5. The van der Waals surface area contributed by atoms with Gasteiger partial charge in [0.2, 0.25) is 5.89 Å².